The van der Waals surface area contributed by atoms with Crippen LogP contribution < -0.4 is 11.1 Å². The number of hydrogen-bond acceptors (Lipinski definition) is 8. The summed E-state index contributed by atoms with van der Waals surface area (Å²) in [5, 5.41) is 7.10. The molecule has 0 spiro atoms. The topological polar surface area (TPSA) is 98.0 Å². The van der Waals surface area contributed by atoms with E-state index < -0.39 is 9.84 Å². The molecule has 21 heavy (non-hydrogen) atoms. The van der Waals surface area contributed by atoms with Gasteiger partial charge in [0.2, 0.25) is 0 Å². The largest absolute Gasteiger partial charge is 0.382 e. The molecule has 0 aliphatic carbocycles. The van der Waals surface area contributed by atoms with Crippen molar-refractivity contribution < 1.29 is 8.42 Å². The number of sulfone groups is 1. The third-order valence-electron chi connectivity index (χ3n) is 3.47. The number of anilines is 2. The van der Waals surface area contributed by atoms with Crippen LogP contribution in [0.4, 0.5) is 10.8 Å². The second-order valence-corrected chi connectivity index (χ2v) is 9.24. The summed E-state index contributed by atoms with van der Waals surface area (Å²) < 4.78 is 27.1. The van der Waals surface area contributed by atoms with Gasteiger partial charge >= 0.3 is 0 Å². The van der Waals surface area contributed by atoms with Crippen molar-refractivity contribution in [2.75, 3.05) is 29.1 Å². The van der Waals surface area contributed by atoms with E-state index in [2.05, 4.69) is 14.7 Å². The van der Waals surface area contributed by atoms with E-state index in [1.165, 1.54) is 11.5 Å². The Morgan fingerprint density at radius 1 is 1.52 bits per heavy atom. The first-order valence-electron chi connectivity index (χ1n) is 6.56. The maximum atomic E-state index is 11.5. The van der Waals surface area contributed by atoms with Crippen LogP contribution in [0.1, 0.15) is 11.4 Å². The van der Waals surface area contributed by atoms with Gasteiger partial charge in [-0.25, -0.2) is 13.4 Å². The van der Waals surface area contributed by atoms with Gasteiger partial charge in [-0.1, -0.05) is 0 Å². The molecule has 114 valence electrons. The Morgan fingerprint density at radius 2 is 2.33 bits per heavy atom. The third kappa shape index (κ3) is 3.19. The summed E-state index contributed by atoms with van der Waals surface area (Å²) in [4.78, 5) is 4.45. The minimum atomic E-state index is -2.84. The lowest BCUT2D eigenvalue weighted by atomic mass is 10.1. The van der Waals surface area contributed by atoms with E-state index in [0.717, 1.165) is 27.7 Å². The molecule has 1 atom stereocenters. The standard InChI is InChI=1S/C12H16N4O2S3/c1-7-15-9(5-19-7)10-11(13)16-20-12(10)14-4-8-2-3-21(17,18)6-8/h5,8,14H,2-4,6H2,1H3,(H2,13,16). The van der Waals surface area contributed by atoms with Gasteiger partial charge in [0, 0.05) is 11.9 Å². The maximum absolute atomic E-state index is 11.5. The number of nitrogens with one attached hydrogen (secondary N) is 1. The molecule has 3 rings (SSSR count). The first-order chi connectivity index (χ1) is 9.94. The average Bonchev–Trinajstić information content (AvgIpc) is 3.07. The van der Waals surface area contributed by atoms with Gasteiger partial charge < -0.3 is 11.1 Å². The third-order valence-corrected chi connectivity index (χ3v) is 6.90. The van der Waals surface area contributed by atoms with E-state index in [1.54, 1.807) is 11.3 Å². The molecule has 0 bridgehead atoms. The molecule has 2 aromatic heterocycles. The van der Waals surface area contributed by atoms with Crippen molar-refractivity contribution >= 4 is 43.5 Å². The summed E-state index contributed by atoms with van der Waals surface area (Å²) in [5.74, 6) is 1.18. The fourth-order valence-corrected chi connectivity index (χ4v) is 5.61. The summed E-state index contributed by atoms with van der Waals surface area (Å²) in [6, 6.07) is 0. The van der Waals surface area contributed by atoms with Crippen molar-refractivity contribution in [1.29, 1.82) is 0 Å². The second-order valence-electron chi connectivity index (χ2n) is 5.17. The fourth-order valence-electron chi connectivity index (χ4n) is 2.42. The van der Waals surface area contributed by atoms with Gasteiger partial charge in [-0.2, -0.15) is 4.37 Å². The van der Waals surface area contributed by atoms with Gasteiger partial charge in [0.1, 0.15) is 10.8 Å². The Kier molecular flexibility index (Phi) is 3.89. The second kappa shape index (κ2) is 5.54. The number of rotatable bonds is 4. The van der Waals surface area contributed by atoms with Crippen molar-refractivity contribution in [1.82, 2.24) is 9.36 Å². The molecular formula is C12H16N4O2S3. The van der Waals surface area contributed by atoms with Crippen molar-refractivity contribution in [3.63, 3.8) is 0 Å². The molecule has 0 radical (unpaired) electrons. The molecule has 3 N–H and O–H groups in total. The molecule has 0 saturated carbocycles. The van der Waals surface area contributed by atoms with Gasteiger partial charge in [0.15, 0.2) is 9.84 Å². The number of hydrogen-bond donors (Lipinski definition) is 2. The molecule has 2 aromatic rings. The molecule has 1 saturated heterocycles. The molecule has 0 amide bonds. The molecule has 3 heterocycles. The van der Waals surface area contributed by atoms with Crippen LogP contribution >= 0.6 is 22.9 Å². The summed E-state index contributed by atoms with van der Waals surface area (Å²) in [6.07, 6.45) is 0.717. The quantitative estimate of drug-likeness (QED) is 0.880. The monoisotopic (exact) mass is 344 g/mol. The van der Waals surface area contributed by atoms with Crippen LogP contribution in [0.2, 0.25) is 0 Å². The van der Waals surface area contributed by atoms with E-state index >= 15 is 0 Å². The van der Waals surface area contributed by atoms with E-state index in [9.17, 15) is 8.42 Å². The summed E-state index contributed by atoms with van der Waals surface area (Å²) in [6.45, 7) is 2.57. The molecular weight excluding hydrogens is 328 g/mol. The molecule has 0 aromatic carbocycles. The number of nitrogens with two attached hydrogens (primary N) is 1. The zero-order chi connectivity index (χ0) is 15.0. The Labute approximate surface area is 131 Å². The van der Waals surface area contributed by atoms with Gasteiger partial charge in [0.05, 0.1) is 27.8 Å². The van der Waals surface area contributed by atoms with Crippen LogP contribution in [-0.2, 0) is 9.84 Å². The predicted octanol–water partition coefficient (Wildman–Crippen LogP) is 2.00. The highest BCUT2D eigenvalue weighted by Gasteiger charge is 2.28. The molecule has 6 nitrogen and oxygen atoms in total. The lowest BCUT2D eigenvalue weighted by molar-refractivity contribution is 0.596. The van der Waals surface area contributed by atoms with Crippen LogP contribution in [0.25, 0.3) is 11.3 Å². The number of nitrogen functional groups attached to an aromatic ring is 1. The molecule has 1 aliphatic rings. The summed E-state index contributed by atoms with van der Waals surface area (Å²) >= 11 is 2.86. The SMILES string of the molecule is Cc1nc(-c2c(N)nsc2NCC2CCS(=O)(=O)C2)cs1. The Balaban J connectivity index is 1.75. The Hall–Kier alpha value is -1.19. The van der Waals surface area contributed by atoms with Crippen LogP contribution in [-0.4, -0.2) is 35.8 Å². The fraction of sp³-hybridized carbons (Fsp3) is 0.500. The zero-order valence-corrected chi connectivity index (χ0v) is 13.9. The minimum Gasteiger partial charge on any atom is -0.382 e. The summed E-state index contributed by atoms with van der Waals surface area (Å²) in [7, 11) is -2.84. The Bertz CT molecular complexity index is 750. The van der Waals surface area contributed by atoms with E-state index in [4.69, 9.17) is 5.73 Å². The van der Waals surface area contributed by atoms with Gasteiger partial charge in [0.25, 0.3) is 0 Å². The van der Waals surface area contributed by atoms with Crippen molar-refractivity contribution in [3.8, 4) is 11.3 Å². The van der Waals surface area contributed by atoms with Gasteiger partial charge in [-0.3, -0.25) is 0 Å². The van der Waals surface area contributed by atoms with E-state index in [-0.39, 0.29) is 11.7 Å². The highest BCUT2D eigenvalue weighted by molar-refractivity contribution is 7.91. The maximum Gasteiger partial charge on any atom is 0.150 e. The van der Waals surface area contributed by atoms with Crippen LogP contribution in [0, 0.1) is 12.8 Å². The zero-order valence-electron chi connectivity index (χ0n) is 11.5. The number of thiazole rings is 1. The first-order valence-corrected chi connectivity index (χ1v) is 10.0. The predicted molar refractivity (Wildman–Crippen MR) is 87.6 cm³/mol. The smallest absolute Gasteiger partial charge is 0.150 e. The van der Waals surface area contributed by atoms with Crippen molar-refractivity contribution in [2.24, 2.45) is 5.92 Å². The van der Waals surface area contributed by atoms with Gasteiger partial charge in [-0.05, 0) is 30.8 Å². The van der Waals surface area contributed by atoms with Crippen molar-refractivity contribution in [3.05, 3.63) is 10.4 Å². The average molecular weight is 344 g/mol. The van der Waals surface area contributed by atoms with Gasteiger partial charge in [-0.15, -0.1) is 11.3 Å². The molecule has 9 heteroatoms. The van der Waals surface area contributed by atoms with Crippen molar-refractivity contribution in [2.45, 2.75) is 13.3 Å². The number of aryl methyl sites for hydroxylation is 1. The van der Waals surface area contributed by atoms with Crippen LogP contribution in [0.3, 0.4) is 0 Å². The highest BCUT2D eigenvalue weighted by Crippen LogP contribution is 2.37. The van der Waals surface area contributed by atoms with Crippen LogP contribution in [0.15, 0.2) is 5.38 Å². The molecule has 1 fully saturated rings. The first kappa shape index (κ1) is 14.7. The molecule has 1 unspecified atom stereocenters. The number of nitrogens with zero attached hydrogens (tertiary/aromatic N) is 2. The lowest BCUT2D eigenvalue weighted by Gasteiger charge is -2.10. The lowest BCUT2D eigenvalue weighted by Crippen LogP contribution is -2.15. The number of aromatic nitrogens is 2. The Morgan fingerprint density at radius 3 is 2.95 bits per heavy atom. The summed E-state index contributed by atoms with van der Waals surface area (Å²) in [5.41, 5.74) is 7.59. The van der Waals surface area contributed by atoms with E-state index in [1.807, 2.05) is 12.3 Å². The normalized spacial score (nSPS) is 20.7. The van der Waals surface area contributed by atoms with E-state index in [0.29, 0.717) is 18.1 Å². The highest BCUT2D eigenvalue weighted by atomic mass is 32.2. The molecule has 1 aliphatic heterocycles. The minimum absolute atomic E-state index is 0.156. The van der Waals surface area contributed by atoms with Crippen LogP contribution in [0.5, 0.6) is 0 Å².